The van der Waals surface area contributed by atoms with Gasteiger partial charge in [0, 0.05) is 6.42 Å². The summed E-state index contributed by atoms with van der Waals surface area (Å²) in [5.74, 6) is 1.19. The number of piperidine rings is 1. The third-order valence-electron chi connectivity index (χ3n) is 4.32. The van der Waals surface area contributed by atoms with Crippen molar-refractivity contribution in [2.24, 2.45) is 0 Å². The van der Waals surface area contributed by atoms with Crippen molar-refractivity contribution in [3.63, 3.8) is 0 Å². The SMILES string of the molecule is Br.CCC(=O)C1(c2cccc(OC)c2)CCN(C)CC1. The van der Waals surface area contributed by atoms with E-state index in [1.54, 1.807) is 7.11 Å². The third-order valence-corrected chi connectivity index (χ3v) is 4.32. The molecule has 0 bridgehead atoms. The number of benzene rings is 1. The Balaban J connectivity index is 0.00000200. The van der Waals surface area contributed by atoms with Gasteiger partial charge in [-0.25, -0.2) is 0 Å². The van der Waals surface area contributed by atoms with Gasteiger partial charge in [-0.3, -0.25) is 4.79 Å². The molecule has 1 aromatic carbocycles. The first-order valence-electron chi connectivity index (χ1n) is 6.99. The maximum Gasteiger partial charge on any atom is 0.143 e. The van der Waals surface area contributed by atoms with Crippen molar-refractivity contribution in [2.45, 2.75) is 31.6 Å². The predicted molar refractivity (Wildman–Crippen MR) is 87.0 cm³/mol. The molecule has 112 valence electrons. The molecule has 3 nitrogen and oxygen atoms in total. The summed E-state index contributed by atoms with van der Waals surface area (Å²) < 4.78 is 5.30. The van der Waals surface area contributed by atoms with Crippen LogP contribution in [-0.4, -0.2) is 37.9 Å². The van der Waals surface area contributed by atoms with E-state index >= 15 is 0 Å². The molecule has 1 heterocycles. The molecule has 2 rings (SSSR count). The number of nitrogens with zero attached hydrogens (tertiary/aromatic N) is 1. The minimum absolute atomic E-state index is 0. The van der Waals surface area contributed by atoms with E-state index in [1.165, 1.54) is 0 Å². The molecule has 0 atom stereocenters. The van der Waals surface area contributed by atoms with Crippen molar-refractivity contribution in [1.29, 1.82) is 0 Å². The molecule has 20 heavy (non-hydrogen) atoms. The minimum Gasteiger partial charge on any atom is -0.497 e. The summed E-state index contributed by atoms with van der Waals surface area (Å²) in [4.78, 5) is 14.8. The summed E-state index contributed by atoms with van der Waals surface area (Å²) in [7, 11) is 3.79. The van der Waals surface area contributed by atoms with E-state index in [1.807, 2.05) is 25.1 Å². The second-order valence-corrected chi connectivity index (χ2v) is 5.39. The molecule has 0 N–H and O–H groups in total. The number of rotatable bonds is 4. The van der Waals surface area contributed by atoms with E-state index in [0.29, 0.717) is 12.2 Å². The minimum atomic E-state index is -0.310. The van der Waals surface area contributed by atoms with Crippen LogP contribution in [0.2, 0.25) is 0 Å². The zero-order valence-electron chi connectivity index (χ0n) is 12.5. The van der Waals surface area contributed by atoms with Gasteiger partial charge in [0.05, 0.1) is 12.5 Å². The number of hydrogen-bond acceptors (Lipinski definition) is 3. The van der Waals surface area contributed by atoms with E-state index in [0.717, 1.165) is 37.2 Å². The Hall–Kier alpha value is -0.870. The number of halogens is 1. The summed E-state index contributed by atoms with van der Waals surface area (Å²) >= 11 is 0. The van der Waals surface area contributed by atoms with Crippen LogP contribution in [0.3, 0.4) is 0 Å². The summed E-state index contributed by atoms with van der Waals surface area (Å²) in [6.45, 7) is 3.91. The first kappa shape index (κ1) is 17.2. The lowest BCUT2D eigenvalue weighted by Crippen LogP contribution is -2.46. The van der Waals surface area contributed by atoms with Crippen molar-refractivity contribution >= 4 is 22.8 Å². The quantitative estimate of drug-likeness (QED) is 0.842. The van der Waals surface area contributed by atoms with Crippen molar-refractivity contribution in [3.05, 3.63) is 29.8 Å². The predicted octanol–water partition coefficient (Wildman–Crippen LogP) is 3.22. The Morgan fingerprint density at radius 1 is 1.35 bits per heavy atom. The van der Waals surface area contributed by atoms with E-state index in [9.17, 15) is 4.79 Å². The van der Waals surface area contributed by atoms with Crippen LogP contribution in [0.25, 0.3) is 0 Å². The number of likely N-dealkylation sites (tertiary alicyclic amines) is 1. The Morgan fingerprint density at radius 2 is 2.00 bits per heavy atom. The second-order valence-electron chi connectivity index (χ2n) is 5.39. The fraction of sp³-hybridized carbons (Fsp3) is 0.562. The highest BCUT2D eigenvalue weighted by Crippen LogP contribution is 2.38. The monoisotopic (exact) mass is 341 g/mol. The lowest BCUT2D eigenvalue weighted by molar-refractivity contribution is -0.126. The molecule has 0 spiro atoms. The zero-order chi connectivity index (χ0) is 13.9. The second kappa shape index (κ2) is 7.23. The molecular weight excluding hydrogens is 318 g/mol. The number of Topliss-reactive ketones (excluding diaryl/α,β-unsaturated/α-hetero) is 1. The first-order chi connectivity index (χ1) is 9.12. The van der Waals surface area contributed by atoms with Gasteiger partial charge < -0.3 is 9.64 Å². The fourth-order valence-corrected chi connectivity index (χ4v) is 2.99. The van der Waals surface area contributed by atoms with Gasteiger partial charge in [0.15, 0.2) is 0 Å². The third kappa shape index (κ3) is 3.23. The van der Waals surface area contributed by atoms with Gasteiger partial charge >= 0.3 is 0 Å². The van der Waals surface area contributed by atoms with Crippen LogP contribution in [0.15, 0.2) is 24.3 Å². The maximum atomic E-state index is 12.5. The lowest BCUT2D eigenvalue weighted by Gasteiger charge is -2.40. The Kier molecular flexibility index (Phi) is 6.21. The Bertz CT molecular complexity index is 454. The molecule has 0 unspecified atom stereocenters. The standard InChI is InChI=1S/C16H23NO2.BrH/c1-4-15(18)16(8-10-17(2)11-9-16)13-6-5-7-14(12-13)19-3;/h5-7,12H,4,8-11H2,1-3H3;1H. The summed E-state index contributed by atoms with van der Waals surface area (Å²) in [5.41, 5.74) is 0.808. The fourth-order valence-electron chi connectivity index (χ4n) is 2.99. The van der Waals surface area contributed by atoms with E-state index in [4.69, 9.17) is 4.74 Å². The number of methoxy groups -OCH3 is 1. The lowest BCUT2D eigenvalue weighted by atomic mass is 9.69. The van der Waals surface area contributed by atoms with Gasteiger partial charge in [0.2, 0.25) is 0 Å². The molecule has 0 aliphatic carbocycles. The van der Waals surface area contributed by atoms with Gasteiger partial charge in [-0.1, -0.05) is 19.1 Å². The Labute approximate surface area is 132 Å². The van der Waals surface area contributed by atoms with Crippen LogP contribution in [0, 0.1) is 0 Å². The van der Waals surface area contributed by atoms with Crippen molar-refractivity contribution in [1.82, 2.24) is 4.90 Å². The summed E-state index contributed by atoms with van der Waals surface area (Å²) in [5, 5.41) is 0. The van der Waals surface area contributed by atoms with Crippen LogP contribution in [0.4, 0.5) is 0 Å². The van der Waals surface area contributed by atoms with Crippen LogP contribution in [-0.2, 0) is 10.2 Å². The van der Waals surface area contributed by atoms with Crippen molar-refractivity contribution in [2.75, 3.05) is 27.2 Å². The highest BCUT2D eigenvalue weighted by Gasteiger charge is 2.41. The smallest absolute Gasteiger partial charge is 0.143 e. The van der Waals surface area contributed by atoms with Crippen LogP contribution < -0.4 is 4.74 Å². The molecular formula is C16H24BrNO2. The average Bonchev–Trinajstić information content (AvgIpc) is 2.47. The molecule has 0 saturated carbocycles. The molecule has 0 radical (unpaired) electrons. The van der Waals surface area contributed by atoms with Crippen molar-refractivity contribution < 1.29 is 9.53 Å². The molecule has 1 aliphatic heterocycles. The molecule has 1 aromatic rings. The number of ketones is 1. The number of ether oxygens (including phenoxy) is 1. The molecule has 1 aliphatic rings. The van der Waals surface area contributed by atoms with Gasteiger partial charge in [-0.2, -0.15) is 0 Å². The van der Waals surface area contributed by atoms with E-state index in [2.05, 4.69) is 18.0 Å². The normalized spacial score (nSPS) is 18.1. The first-order valence-corrected chi connectivity index (χ1v) is 6.99. The van der Waals surface area contributed by atoms with Gasteiger partial charge in [0.25, 0.3) is 0 Å². The largest absolute Gasteiger partial charge is 0.497 e. The number of hydrogen-bond donors (Lipinski definition) is 0. The number of carbonyl (C=O) groups is 1. The van der Waals surface area contributed by atoms with Crippen LogP contribution in [0.1, 0.15) is 31.7 Å². The van der Waals surface area contributed by atoms with Gasteiger partial charge in [-0.05, 0) is 50.7 Å². The molecule has 1 fully saturated rings. The van der Waals surface area contributed by atoms with E-state index < -0.39 is 0 Å². The number of carbonyl (C=O) groups excluding carboxylic acids is 1. The summed E-state index contributed by atoms with van der Waals surface area (Å²) in [6.07, 6.45) is 2.41. The maximum absolute atomic E-state index is 12.5. The molecule has 4 heteroatoms. The topological polar surface area (TPSA) is 29.5 Å². The zero-order valence-corrected chi connectivity index (χ0v) is 14.2. The van der Waals surface area contributed by atoms with Crippen LogP contribution >= 0.6 is 17.0 Å². The highest BCUT2D eigenvalue weighted by atomic mass is 79.9. The summed E-state index contributed by atoms with van der Waals surface area (Å²) in [6, 6.07) is 8.01. The Morgan fingerprint density at radius 3 is 2.55 bits per heavy atom. The van der Waals surface area contributed by atoms with Gasteiger partial charge in [0.1, 0.15) is 11.5 Å². The van der Waals surface area contributed by atoms with E-state index in [-0.39, 0.29) is 22.4 Å². The average molecular weight is 342 g/mol. The van der Waals surface area contributed by atoms with Gasteiger partial charge in [-0.15, -0.1) is 17.0 Å². The van der Waals surface area contributed by atoms with Crippen LogP contribution in [0.5, 0.6) is 5.75 Å². The molecule has 1 saturated heterocycles. The molecule has 0 aromatic heterocycles. The highest BCUT2D eigenvalue weighted by molar-refractivity contribution is 8.93. The molecule has 0 amide bonds. The van der Waals surface area contributed by atoms with Crippen molar-refractivity contribution in [3.8, 4) is 5.75 Å².